The summed E-state index contributed by atoms with van der Waals surface area (Å²) in [5, 5.41) is 0. The second-order valence-corrected chi connectivity index (χ2v) is 15.6. The molecule has 1 unspecified atom stereocenters. The molecular formula is C41H19BF20OS. The molecule has 0 radical (unpaired) electrons. The molecule has 0 aliphatic carbocycles. The molecule has 0 aromatic heterocycles. The molecule has 23 heteroatoms. The molecule has 1 nitrogen and oxygen atoms in total. The fraction of sp³-hybridized carbons (Fsp3) is 0.0976. The van der Waals surface area contributed by atoms with Crippen molar-refractivity contribution in [2.45, 2.75) is 18.7 Å². The average molecular weight is 950 g/mol. The minimum atomic E-state index is -7.22. The molecule has 6 aromatic rings. The van der Waals surface area contributed by atoms with E-state index in [0.717, 1.165) is 5.56 Å². The van der Waals surface area contributed by atoms with Crippen molar-refractivity contribution in [1.29, 1.82) is 0 Å². The number of ketones is 1. The zero-order chi connectivity index (χ0) is 48.2. The Bertz CT molecular complexity index is 2490. The Morgan fingerprint density at radius 2 is 0.656 bits per heavy atom. The van der Waals surface area contributed by atoms with Gasteiger partial charge in [-0.15, -0.1) is 21.9 Å². The van der Waals surface area contributed by atoms with Crippen LogP contribution >= 0.6 is 0 Å². The standard InChI is InChI=1S/C24BF20.C17H19OS/c26-5-1(6(27)14(35)21(42)13(5)34)25(2-7(28)15(36)22(43)16(37)8(2)29,3-9(30)17(38)23(44)18(39)10(3)31)4-11(32)19(40)24(45)20(41)12(4)33;1-13-8-7-11-17(14(13)2)19(3)12-16(18)15-9-5-4-6-10-15/h;4-11H,12H2,1-3H3/q-1;+1. The molecule has 0 bridgehead atoms. The predicted molar refractivity (Wildman–Crippen MR) is 192 cm³/mol. The third kappa shape index (κ3) is 7.74. The van der Waals surface area contributed by atoms with Crippen LogP contribution < -0.4 is 21.9 Å². The van der Waals surface area contributed by atoms with Gasteiger partial charge in [0.2, 0.25) is 5.78 Å². The lowest BCUT2D eigenvalue weighted by molar-refractivity contribution is 0.102. The fourth-order valence-electron chi connectivity index (χ4n) is 6.96. The zero-order valence-electron chi connectivity index (χ0n) is 31.8. The van der Waals surface area contributed by atoms with Gasteiger partial charge in [-0.2, -0.15) is 0 Å². The van der Waals surface area contributed by atoms with Crippen molar-refractivity contribution in [2.24, 2.45) is 0 Å². The molecule has 0 aliphatic rings. The summed E-state index contributed by atoms with van der Waals surface area (Å²) in [6, 6.07) is 15.9. The maximum absolute atomic E-state index is 15.4. The number of hydrogen-bond acceptors (Lipinski definition) is 1. The van der Waals surface area contributed by atoms with E-state index in [-0.39, 0.29) is 16.7 Å². The Balaban J connectivity index is 0.000000337. The van der Waals surface area contributed by atoms with Gasteiger partial charge >= 0.3 is 0 Å². The Morgan fingerprint density at radius 3 is 0.938 bits per heavy atom. The number of carbonyl (C=O) groups excluding carboxylic acids is 1. The Kier molecular flexibility index (Phi) is 14.0. The first-order valence-electron chi connectivity index (χ1n) is 17.3. The van der Waals surface area contributed by atoms with Gasteiger partial charge in [-0.3, -0.25) is 4.79 Å². The van der Waals surface area contributed by atoms with E-state index in [1.54, 1.807) is 0 Å². The van der Waals surface area contributed by atoms with Gasteiger partial charge in [0.15, 0.2) is 80.5 Å². The molecule has 6 aromatic carbocycles. The van der Waals surface area contributed by atoms with Gasteiger partial charge in [0, 0.05) is 22.0 Å². The van der Waals surface area contributed by atoms with Crippen molar-refractivity contribution in [3.8, 4) is 0 Å². The van der Waals surface area contributed by atoms with Gasteiger partial charge in [0.05, 0.1) is 0 Å². The number of benzene rings is 6. The van der Waals surface area contributed by atoms with Gasteiger partial charge in [0.1, 0.15) is 58.9 Å². The lowest BCUT2D eigenvalue weighted by Crippen LogP contribution is -2.81. The molecule has 0 aliphatic heterocycles. The second kappa shape index (κ2) is 18.2. The third-order valence-corrected chi connectivity index (χ3v) is 12.0. The Morgan fingerprint density at radius 1 is 0.391 bits per heavy atom. The molecule has 0 spiro atoms. The fourth-order valence-corrected chi connectivity index (χ4v) is 8.67. The SMILES string of the molecule is Cc1cccc([S+](C)CC(=O)c2ccccc2)c1C.Fc1c(F)c(F)c([B-](c2c(F)c(F)c(F)c(F)c2F)(c2c(F)c(F)c(F)c(F)c2F)c2c(F)c(F)c(F)c(F)c2F)c(F)c1F. The molecule has 0 saturated carbocycles. The van der Waals surface area contributed by atoms with Crippen LogP contribution in [0.2, 0.25) is 0 Å². The molecule has 64 heavy (non-hydrogen) atoms. The maximum atomic E-state index is 15.4. The molecule has 6 rings (SSSR count). The van der Waals surface area contributed by atoms with Crippen molar-refractivity contribution < 1.29 is 92.6 Å². The first-order chi connectivity index (χ1) is 29.8. The van der Waals surface area contributed by atoms with Gasteiger partial charge < -0.3 is 0 Å². The monoisotopic (exact) mass is 950 g/mol. The van der Waals surface area contributed by atoms with Crippen LogP contribution in [-0.4, -0.2) is 23.9 Å². The summed E-state index contributed by atoms with van der Waals surface area (Å²) < 4.78 is 294. The van der Waals surface area contributed by atoms with Crippen LogP contribution in [0.5, 0.6) is 0 Å². The van der Waals surface area contributed by atoms with E-state index in [1.165, 1.54) is 16.0 Å². The lowest BCUT2D eigenvalue weighted by Gasteiger charge is -2.44. The van der Waals surface area contributed by atoms with E-state index in [4.69, 9.17) is 0 Å². The van der Waals surface area contributed by atoms with E-state index in [1.807, 2.05) is 30.3 Å². The minimum Gasteiger partial charge on any atom is -0.289 e. The van der Waals surface area contributed by atoms with E-state index < -0.39 is 144 Å². The number of hydrogen-bond donors (Lipinski definition) is 0. The van der Waals surface area contributed by atoms with Gasteiger partial charge in [-0.1, -0.05) is 42.5 Å². The van der Waals surface area contributed by atoms with Gasteiger partial charge in [0.25, 0.3) is 0 Å². The number of Topliss-reactive ketones (excluding diaryl/α,β-unsaturated/α-hetero) is 1. The van der Waals surface area contributed by atoms with Crippen molar-refractivity contribution in [3.63, 3.8) is 0 Å². The third-order valence-electron chi connectivity index (χ3n) is 10.1. The van der Waals surface area contributed by atoms with Gasteiger partial charge in [-0.05, 0) is 25.5 Å². The quantitative estimate of drug-likeness (QED) is 0.0371. The Hall–Kier alpha value is -6.00. The molecule has 0 saturated heterocycles. The zero-order valence-corrected chi connectivity index (χ0v) is 32.6. The Labute approximate surface area is 349 Å². The summed E-state index contributed by atoms with van der Waals surface area (Å²) in [5.41, 5.74) is -10.9. The first kappa shape index (κ1) is 49.0. The highest BCUT2D eigenvalue weighted by molar-refractivity contribution is 7.97. The lowest BCUT2D eigenvalue weighted by atomic mass is 9.12. The highest BCUT2D eigenvalue weighted by atomic mass is 32.2. The maximum Gasteiger partial charge on any atom is 0.212 e. The van der Waals surface area contributed by atoms with E-state index in [9.17, 15) is 57.5 Å². The predicted octanol–water partition coefficient (Wildman–Crippen LogP) is 9.64. The smallest absolute Gasteiger partial charge is 0.212 e. The van der Waals surface area contributed by atoms with Gasteiger partial charge in [-0.25, -0.2) is 87.8 Å². The number of aryl methyl sites for hydroxylation is 1. The molecule has 0 amide bonds. The normalized spacial score (nSPS) is 12.0. The number of carbonyl (C=O) groups is 1. The van der Waals surface area contributed by atoms with Crippen molar-refractivity contribution in [1.82, 2.24) is 0 Å². The van der Waals surface area contributed by atoms with Crippen LogP contribution in [0.4, 0.5) is 87.8 Å². The first-order valence-corrected chi connectivity index (χ1v) is 19.1. The summed E-state index contributed by atoms with van der Waals surface area (Å²) in [4.78, 5) is 13.5. The number of halogens is 20. The summed E-state index contributed by atoms with van der Waals surface area (Å²) in [5.74, 6) is -70.6. The largest absolute Gasteiger partial charge is 0.289 e. The summed E-state index contributed by atoms with van der Waals surface area (Å²) in [7, 11) is -0.0354. The molecule has 0 N–H and O–H groups in total. The van der Waals surface area contributed by atoms with Crippen LogP contribution in [0.3, 0.4) is 0 Å². The van der Waals surface area contributed by atoms with Crippen LogP contribution in [-0.2, 0) is 10.9 Å². The number of rotatable bonds is 8. The molecule has 338 valence electrons. The van der Waals surface area contributed by atoms with Crippen molar-refractivity contribution in [2.75, 3.05) is 12.0 Å². The summed E-state index contributed by atoms with van der Waals surface area (Å²) in [6.45, 7) is 4.26. The summed E-state index contributed by atoms with van der Waals surface area (Å²) >= 11 is 0. The van der Waals surface area contributed by atoms with Crippen LogP contribution in [0, 0.1) is 130 Å². The highest BCUT2D eigenvalue weighted by Gasteiger charge is 2.52. The van der Waals surface area contributed by atoms with Crippen molar-refractivity contribution in [3.05, 3.63) is 182 Å². The minimum absolute atomic E-state index is 0.0354. The van der Waals surface area contributed by atoms with E-state index in [2.05, 4.69) is 38.3 Å². The van der Waals surface area contributed by atoms with E-state index >= 15 is 35.1 Å². The van der Waals surface area contributed by atoms with E-state index in [0.29, 0.717) is 5.75 Å². The molecular weight excluding hydrogens is 931 g/mol. The van der Waals surface area contributed by atoms with Crippen LogP contribution in [0.25, 0.3) is 0 Å². The molecule has 0 fully saturated rings. The average Bonchev–Trinajstić information content (AvgIpc) is 3.27. The molecule has 0 heterocycles. The summed E-state index contributed by atoms with van der Waals surface area (Å²) in [6.07, 6.45) is -5.06. The molecule has 1 atom stereocenters. The van der Waals surface area contributed by atoms with Crippen LogP contribution in [0.15, 0.2) is 53.4 Å². The second-order valence-electron chi connectivity index (χ2n) is 13.6. The highest BCUT2D eigenvalue weighted by Crippen LogP contribution is 2.31. The topological polar surface area (TPSA) is 17.1 Å². The van der Waals surface area contributed by atoms with Crippen LogP contribution in [0.1, 0.15) is 21.5 Å². The van der Waals surface area contributed by atoms with Crippen molar-refractivity contribution >= 4 is 44.7 Å².